The Labute approximate surface area is 102 Å². The molecule has 0 radical (unpaired) electrons. The van der Waals surface area contributed by atoms with Gasteiger partial charge < -0.3 is 10.4 Å². The molecule has 1 atom stereocenters. The molecule has 0 spiro atoms. The summed E-state index contributed by atoms with van der Waals surface area (Å²) in [5.74, 6) is -1.48. The minimum atomic E-state index is -4.61. The molecule has 0 saturated carbocycles. The van der Waals surface area contributed by atoms with Crippen molar-refractivity contribution in [3.8, 4) is 0 Å². The van der Waals surface area contributed by atoms with E-state index < -0.39 is 29.2 Å². The van der Waals surface area contributed by atoms with E-state index in [2.05, 4.69) is 5.32 Å². The van der Waals surface area contributed by atoms with Gasteiger partial charge in [-0.25, -0.2) is 0 Å². The van der Waals surface area contributed by atoms with E-state index in [-0.39, 0.29) is 11.3 Å². The van der Waals surface area contributed by atoms with Gasteiger partial charge in [-0.05, 0) is 18.1 Å². The molecule has 18 heavy (non-hydrogen) atoms. The van der Waals surface area contributed by atoms with Gasteiger partial charge >= 0.3 is 6.18 Å². The van der Waals surface area contributed by atoms with Gasteiger partial charge in [0.15, 0.2) is 5.60 Å². The van der Waals surface area contributed by atoms with Crippen LogP contribution in [0.5, 0.6) is 0 Å². The lowest BCUT2D eigenvalue weighted by molar-refractivity contribution is -0.146. The molecule has 0 aromatic heterocycles. The fourth-order valence-electron chi connectivity index (χ4n) is 2.19. The van der Waals surface area contributed by atoms with Crippen LogP contribution in [0.4, 0.5) is 18.9 Å². The Morgan fingerprint density at radius 2 is 1.94 bits per heavy atom. The maximum atomic E-state index is 12.9. The first-order valence-electron chi connectivity index (χ1n) is 5.43. The van der Waals surface area contributed by atoms with E-state index >= 15 is 0 Å². The van der Waals surface area contributed by atoms with Gasteiger partial charge in [0.2, 0.25) is 0 Å². The van der Waals surface area contributed by atoms with Crippen LogP contribution >= 0.6 is 0 Å². The molecule has 1 amide bonds. The van der Waals surface area contributed by atoms with Crippen molar-refractivity contribution in [1.82, 2.24) is 0 Å². The van der Waals surface area contributed by atoms with Crippen LogP contribution in [0.25, 0.3) is 0 Å². The number of benzene rings is 1. The fourth-order valence-corrected chi connectivity index (χ4v) is 2.19. The molecule has 2 N–H and O–H groups in total. The van der Waals surface area contributed by atoms with Crippen LogP contribution in [0, 0.1) is 5.92 Å². The van der Waals surface area contributed by atoms with Gasteiger partial charge in [-0.2, -0.15) is 13.2 Å². The summed E-state index contributed by atoms with van der Waals surface area (Å²) >= 11 is 0. The molecule has 1 aliphatic heterocycles. The first kappa shape index (κ1) is 12.9. The number of fused-ring (bicyclic) bond motifs is 1. The number of alkyl halides is 3. The lowest BCUT2D eigenvalue weighted by atomic mass is 9.82. The van der Waals surface area contributed by atoms with Crippen molar-refractivity contribution in [3.63, 3.8) is 0 Å². The molecule has 2 rings (SSSR count). The normalized spacial score (nSPS) is 23.2. The Kier molecular flexibility index (Phi) is 2.66. The average Bonchev–Trinajstić information content (AvgIpc) is 2.51. The van der Waals surface area contributed by atoms with E-state index in [1.54, 1.807) is 0 Å². The lowest BCUT2D eigenvalue weighted by Crippen LogP contribution is -2.40. The van der Waals surface area contributed by atoms with Crippen molar-refractivity contribution in [2.75, 3.05) is 5.32 Å². The van der Waals surface area contributed by atoms with E-state index in [1.807, 2.05) is 0 Å². The Balaban J connectivity index is 2.74. The summed E-state index contributed by atoms with van der Waals surface area (Å²) in [7, 11) is 0. The third-order valence-corrected chi connectivity index (χ3v) is 3.18. The van der Waals surface area contributed by atoms with E-state index in [1.165, 1.54) is 26.0 Å². The predicted molar refractivity (Wildman–Crippen MR) is 58.8 cm³/mol. The van der Waals surface area contributed by atoms with Crippen molar-refractivity contribution < 1.29 is 23.1 Å². The lowest BCUT2D eigenvalue weighted by Gasteiger charge is -2.27. The number of rotatable bonds is 1. The summed E-state index contributed by atoms with van der Waals surface area (Å²) in [6.45, 7) is 3.00. The number of hydrogen-bond donors (Lipinski definition) is 2. The van der Waals surface area contributed by atoms with E-state index in [0.29, 0.717) is 0 Å². The third kappa shape index (κ3) is 1.59. The van der Waals surface area contributed by atoms with Gasteiger partial charge in [0.05, 0.1) is 5.56 Å². The zero-order valence-corrected chi connectivity index (χ0v) is 9.80. The van der Waals surface area contributed by atoms with Crippen molar-refractivity contribution in [1.29, 1.82) is 0 Å². The monoisotopic (exact) mass is 259 g/mol. The number of carbonyl (C=O) groups excluding carboxylic acids is 1. The quantitative estimate of drug-likeness (QED) is 0.814. The third-order valence-electron chi connectivity index (χ3n) is 3.18. The molecule has 3 nitrogen and oxygen atoms in total. The second-order valence-electron chi connectivity index (χ2n) is 4.60. The molecule has 1 aromatic carbocycles. The smallest absolute Gasteiger partial charge is 0.375 e. The maximum absolute atomic E-state index is 12.9. The Morgan fingerprint density at radius 3 is 2.44 bits per heavy atom. The highest BCUT2D eigenvalue weighted by molar-refractivity contribution is 6.05. The summed E-state index contributed by atoms with van der Waals surface area (Å²) in [6, 6.07) is 3.42. The molecule has 98 valence electrons. The summed E-state index contributed by atoms with van der Waals surface area (Å²) in [6.07, 6.45) is -4.61. The first-order valence-corrected chi connectivity index (χ1v) is 5.43. The van der Waals surface area contributed by atoms with Crippen LogP contribution in [-0.2, 0) is 16.6 Å². The number of halogens is 3. The predicted octanol–water partition coefficient (Wildman–Crippen LogP) is 2.50. The van der Waals surface area contributed by atoms with Crippen LogP contribution < -0.4 is 5.32 Å². The zero-order chi connectivity index (χ0) is 13.7. The van der Waals surface area contributed by atoms with Crippen molar-refractivity contribution in [3.05, 3.63) is 29.3 Å². The van der Waals surface area contributed by atoms with Crippen LogP contribution in [0.1, 0.15) is 25.0 Å². The topological polar surface area (TPSA) is 49.3 Å². The Bertz CT molecular complexity index is 511. The largest absolute Gasteiger partial charge is 0.416 e. The second-order valence-corrected chi connectivity index (χ2v) is 4.60. The van der Waals surface area contributed by atoms with Gasteiger partial charge in [0.25, 0.3) is 5.91 Å². The maximum Gasteiger partial charge on any atom is 0.416 e. The van der Waals surface area contributed by atoms with Gasteiger partial charge in [0, 0.05) is 11.3 Å². The van der Waals surface area contributed by atoms with Gasteiger partial charge in [-0.1, -0.05) is 19.9 Å². The Morgan fingerprint density at radius 1 is 1.33 bits per heavy atom. The fraction of sp³-hybridized carbons (Fsp3) is 0.417. The summed E-state index contributed by atoms with van der Waals surface area (Å²) in [5, 5.41) is 12.6. The van der Waals surface area contributed by atoms with E-state index in [0.717, 1.165) is 6.07 Å². The SMILES string of the molecule is CC(C)C1(O)C(=O)Nc2cccc(C(F)(F)F)c21. The molecule has 1 heterocycles. The average molecular weight is 259 g/mol. The van der Waals surface area contributed by atoms with Crippen LogP contribution in [0.2, 0.25) is 0 Å². The standard InChI is InChI=1S/C12H12F3NO2/c1-6(2)11(18)9-7(12(13,14)15)4-3-5-8(9)16-10(11)17/h3-6,18H,1-2H3,(H,16,17). The van der Waals surface area contributed by atoms with Gasteiger partial charge in [0.1, 0.15) is 0 Å². The highest BCUT2D eigenvalue weighted by Gasteiger charge is 2.52. The number of nitrogens with one attached hydrogen (secondary N) is 1. The highest BCUT2D eigenvalue weighted by atomic mass is 19.4. The molecule has 0 bridgehead atoms. The van der Waals surface area contributed by atoms with Crippen molar-refractivity contribution >= 4 is 11.6 Å². The zero-order valence-electron chi connectivity index (χ0n) is 9.80. The van der Waals surface area contributed by atoms with E-state index in [4.69, 9.17) is 0 Å². The molecule has 6 heteroatoms. The minimum Gasteiger partial charge on any atom is -0.375 e. The number of hydrogen-bond acceptors (Lipinski definition) is 2. The van der Waals surface area contributed by atoms with Crippen LogP contribution in [0.3, 0.4) is 0 Å². The van der Waals surface area contributed by atoms with Crippen LogP contribution in [-0.4, -0.2) is 11.0 Å². The van der Waals surface area contributed by atoms with Crippen molar-refractivity contribution in [2.24, 2.45) is 5.92 Å². The van der Waals surface area contributed by atoms with E-state index in [9.17, 15) is 23.1 Å². The molecule has 0 aliphatic carbocycles. The van der Waals surface area contributed by atoms with Gasteiger partial charge in [-0.15, -0.1) is 0 Å². The highest BCUT2D eigenvalue weighted by Crippen LogP contribution is 2.47. The molecule has 0 saturated heterocycles. The molecule has 0 fully saturated rings. The minimum absolute atomic E-state index is 0.0195. The summed E-state index contributed by atoms with van der Waals surface area (Å²) in [5.41, 5.74) is -3.47. The number of amides is 1. The molecular weight excluding hydrogens is 247 g/mol. The summed E-state index contributed by atoms with van der Waals surface area (Å²) in [4.78, 5) is 11.7. The molecule has 1 aliphatic rings. The van der Waals surface area contributed by atoms with Gasteiger partial charge in [-0.3, -0.25) is 4.79 Å². The molecule has 1 aromatic rings. The van der Waals surface area contributed by atoms with Crippen LogP contribution in [0.15, 0.2) is 18.2 Å². The number of anilines is 1. The summed E-state index contributed by atoms with van der Waals surface area (Å²) < 4.78 is 38.8. The number of carbonyl (C=O) groups is 1. The first-order chi connectivity index (χ1) is 8.19. The molecular formula is C12H12F3NO2. The molecule has 1 unspecified atom stereocenters. The second kappa shape index (κ2) is 3.71. The Hall–Kier alpha value is -1.56. The number of aliphatic hydroxyl groups is 1. The van der Waals surface area contributed by atoms with Crippen molar-refractivity contribution in [2.45, 2.75) is 25.6 Å².